The van der Waals surface area contributed by atoms with E-state index in [4.69, 9.17) is 4.98 Å². The van der Waals surface area contributed by atoms with E-state index in [-0.39, 0.29) is 5.91 Å². The van der Waals surface area contributed by atoms with Gasteiger partial charge in [-0.25, -0.2) is 9.97 Å². The van der Waals surface area contributed by atoms with Crippen molar-refractivity contribution in [2.45, 2.75) is 13.5 Å². The van der Waals surface area contributed by atoms with E-state index in [0.717, 1.165) is 53.6 Å². The smallest absolute Gasteiger partial charge is 0.234 e. The summed E-state index contributed by atoms with van der Waals surface area (Å²) in [6, 6.07) is 14.3. The molecule has 0 atom stereocenters. The van der Waals surface area contributed by atoms with Gasteiger partial charge in [-0.1, -0.05) is 36.4 Å². The molecule has 1 amide bonds. The van der Waals surface area contributed by atoms with E-state index in [2.05, 4.69) is 43.0 Å². The Morgan fingerprint density at radius 2 is 1.84 bits per heavy atom. The third-order valence-corrected chi connectivity index (χ3v) is 7.46. The number of aryl methyl sites for hydroxylation is 1. The maximum atomic E-state index is 12.4. The predicted molar refractivity (Wildman–Crippen MR) is 132 cm³/mol. The van der Waals surface area contributed by atoms with Crippen LogP contribution in [-0.4, -0.2) is 53.5 Å². The summed E-state index contributed by atoms with van der Waals surface area (Å²) in [4.78, 5) is 28.8. The molecular weight excluding hydrogens is 438 g/mol. The minimum Gasteiger partial charge on any atom is -0.353 e. The highest BCUT2D eigenvalue weighted by atomic mass is 32.1. The summed E-state index contributed by atoms with van der Waals surface area (Å²) < 4.78 is 0. The van der Waals surface area contributed by atoms with Gasteiger partial charge < -0.3 is 10.2 Å². The maximum Gasteiger partial charge on any atom is 0.234 e. The van der Waals surface area contributed by atoms with Crippen LogP contribution in [0, 0.1) is 6.92 Å². The number of hydrogen-bond acceptors (Lipinski definition) is 7. The molecule has 0 aliphatic carbocycles. The summed E-state index contributed by atoms with van der Waals surface area (Å²) >= 11 is 3.43. The lowest BCUT2D eigenvalue weighted by atomic mass is 10.1. The van der Waals surface area contributed by atoms with Gasteiger partial charge in [0.2, 0.25) is 5.91 Å². The molecule has 32 heavy (non-hydrogen) atoms. The van der Waals surface area contributed by atoms with E-state index in [1.807, 2.05) is 37.3 Å². The molecule has 6 nitrogen and oxygen atoms in total. The van der Waals surface area contributed by atoms with E-state index in [1.54, 1.807) is 22.7 Å². The second-order valence-corrected chi connectivity index (χ2v) is 9.73. The molecule has 4 heterocycles. The number of thiophene rings is 2. The third-order valence-electron chi connectivity index (χ3n) is 5.68. The van der Waals surface area contributed by atoms with Crippen molar-refractivity contribution in [3.05, 3.63) is 64.6 Å². The Morgan fingerprint density at radius 1 is 1.03 bits per heavy atom. The summed E-state index contributed by atoms with van der Waals surface area (Å²) in [5, 5.41) is 8.48. The second-order valence-electron chi connectivity index (χ2n) is 7.93. The van der Waals surface area contributed by atoms with Crippen LogP contribution in [0.3, 0.4) is 0 Å². The largest absolute Gasteiger partial charge is 0.353 e. The molecule has 0 unspecified atom stereocenters. The first-order chi connectivity index (χ1) is 15.7. The molecule has 1 aromatic carbocycles. The second kappa shape index (κ2) is 9.36. The minimum atomic E-state index is 0.0698. The monoisotopic (exact) mass is 463 g/mol. The van der Waals surface area contributed by atoms with Crippen molar-refractivity contribution in [1.29, 1.82) is 0 Å². The number of carbonyl (C=O) groups excluding carboxylic acids is 1. The van der Waals surface area contributed by atoms with E-state index >= 15 is 0 Å². The van der Waals surface area contributed by atoms with Crippen LogP contribution in [0.4, 0.5) is 5.82 Å². The fourth-order valence-corrected chi connectivity index (χ4v) is 5.84. The number of carbonyl (C=O) groups is 1. The molecule has 3 aromatic heterocycles. The molecule has 0 spiro atoms. The molecule has 5 rings (SSSR count). The molecule has 0 radical (unpaired) electrons. The fraction of sp³-hybridized carbons (Fsp3) is 0.292. The van der Waals surface area contributed by atoms with Gasteiger partial charge >= 0.3 is 0 Å². The Bertz CT molecular complexity index is 1200. The summed E-state index contributed by atoms with van der Waals surface area (Å²) in [6.45, 7) is 6.32. The highest BCUT2D eigenvalue weighted by Crippen LogP contribution is 2.40. The average molecular weight is 464 g/mol. The average Bonchev–Trinajstić information content (AvgIpc) is 3.48. The number of nitrogens with one attached hydrogen (secondary N) is 1. The van der Waals surface area contributed by atoms with E-state index in [9.17, 15) is 4.79 Å². The molecule has 1 saturated heterocycles. The normalized spacial score (nSPS) is 14.7. The molecule has 1 aliphatic heterocycles. The van der Waals surface area contributed by atoms with Crippen LogP contribution in [0.25, 0.3) is 20.7 Å². The predicted octanol–water partition coefficient (Wildman–Crippen LogP) is 4.17. The summed E-state index contributed by atoms with van der Waals surface area (Å²) in [5.41, 5.74) is 2.34. The van der Waals surface area contributed by atoms with Crippen LogP contribution in [0.1, 0.15) is 11.4 Å². The van der Waals surface area contributed by atoms with Gasteiger partial charge in [-0.3, -0.25) is 9.69 Å². The van der Waals surface area contributed by atoms with Crippen LogP contribution >= 0.6 is 22.7 Å². The highest BCUT2D eigenvalue weighted by Gasteiger charge is 2.24. The number of benzene rings is 1. The number of aromatic nitrogens is 2. The zero-order valence-electron chi connectivity index (χ0n) is 18.0. The standard InChI is InChI=1S/C24H25N5OS2/c1-17-26-23(22-19(16-32-24(22)27-17)20-8-5-13-31-20)29-11-9-28(10-12-29)15-21(30)25-14-18-6-3-2-4-7-18/h2-8,13,16H,9-12,14-15H2,1H3,(H,25,30). The van der Waals surface area contributed by atoms with Crippen LogP contribution in [0.15, 0.2) is 53.2 Å². The Labute approximate surface area is 195 Å². The van der Waals surface area contributed by atoms with Crippen molar-refractivity contribution >= 4 is 44.6 Å². The van der Waals surface area contributed by atoms with Crippen molar-refractivity contribution in [1.82, 2.24) is 20.2 Å². The van der Waals surface area contributed by atoms with Crippen molar-refractivity contribution in [3.8, 4) is 10.4 Å². The number of rotatable bonds is 6. The van der Waals surface area contributed by atoms with Gasteiger partial charge in [0, 0.05) is 48.5 Å². The molecule has 0 bridgehead atoms. The van der Waals surface area contributed by atoms with Gasteiger partial charge in [0.1, 0.15) is 16.5 Å². The quantitative estimate of drug-likeness (QED) is 0.465. The lowest BCUT2D eigenvalue weighted by molar-refractivity contribution is -0.122. The summed E-state index contributed by atoms with van der Waals surface area (Å²) in [6.07, 6.45) is 0. The molecule has 4 aromatic rings. The highest BCUT2D eigenvalue weighted by molar-refractivity contribution is 7.18. The zero-order valence-corrected chi connectivity index (χ0v) is 19.6. The van der Waals surface area contributed by atoms with Gasteiger partial charge in [0.25, 0.3) is 0 Å². The Hall–Kier alpha value is -2.81. The number of piperazine rings is 1. The molecule has 164 valence electrons. The summed E-state index contributed by atoms with van der Waals surface area (Å²) in [5.74, 6) is 1.89. The topological polar surface area (TPSA) is 61.4 Å². The Kier molecular flexibility index (Phi) is 6.16. The number of nitrogens with zero attached hydrogens (tertiary/aromatic N) is 4. The van der Waals surface area contributed by atoms with E-state index < -0.39 is 0 Å². The van der Waals surface area contributed by atoms with Crippen molar-refractivity contribution in [2.75, 3.05) is 37.6 Å². The Morgan fingerprint density at radius 3 is 2.59 bits per heavy atom. The first-order valence-electron chi connectivity index (χ1n) is 10.7. The van der Waals surface area contributed by atoms with Gasteiger partial charge in [-0.15, -0.1) is 22.7 Å². The van der Waals surface area contributed by atoms with Crippen molar-refractivity contribution < 1.29 is 4.79 Å². The maximum absolute atomic E-state index is 12.4. The first-order valence-corrected chi connectivity index (χ1v) is 12.5. The molecule has 0 saturated carbocycles. The van der Waals surface area contributed by atoms with Gasteiger partial charge in [-0.05, 0) is 23.9 Å². The van der Waals surface area contributed by atoms with E-state index in [0.29, 0.717) is 13.1 Å². The van der Waals surface area contributed by atoms with Crippen LogP contribution < -0.4 is 10.2 Å². The fourth-order valence-electron chi connectivity index (χ4n) is 4.04. The molecule has 1 fully saturated rings. The van der Waals surface area contributed by atoms with Crippen LogP contribution in [0.2, 0.25) is 0 Å². The number of hydrogen-bond donors (Lipinski definition) is 1. The molecular formula is C24H25N5OS2. The molecule has 1 aliphatic rings. The lowest BCUT2D eigenvalue weighted by Crippen LogP contribution is -2.49. The number of fused-ring (bicyclic) bond motifs is 1. The SMILES string of the molecule is Cc1nc(N2CCN(CC(=O)NCc3ccccc3)CC2)c2c(-c3cccs3)csc2n1. The third kappa shape index (κ3) is 4.53. The Balaban J connectivity index is 1.25. The summed E-state index contributed by atoms with van der Waals surface area (Å²) in [7, 11) is 0. The lowest BCUT2D eigenvalue weighted by Gasteiger charge is -2.35. The van der Waals surface area contributed by atoms with Crippen LogP contribution in [-0.2, 0) is 11.3 Å². The first kappa shape index (κ1) is 21.1. The minimum absolute atomic E-state index is 0.0698. The zero-order chi connectivity index (χ0) is 21.9. The van der Waals surface area contributed by atoms with Gasteiger partial charge in [-0.2, -0.15) is 0 Å². The van der Waals surface area contributed by atoms with Crippen molar-refractivity contribution in [2.24, 2.45) is 0 Å². The van der Waals surface area contributed by atoms with E-state index in [1.165, 1.54) is 10.4 Å². The molecule has 8 heteroatoms. The van der Waals surface area contributed by atoms with Crippen molar-refractivity contribution in [3.63, 3.8) is 0 Å². The van der Waals surface area contributed by atoms with Crippen LogP contribution in [0.5, 0.6) is 0 Å². The number of anilines is 1. The molecule has 1 N–H and O–H groups in total. The van der Waals surface area contributed by atoms with Gasteiger partial charge in [0.15, 0.2) is 0 Å². The number of amides is 1. The van der Waals surface area contributed by atoms with Gasteiger partial charge in [0.05, 0.1) is 11.9 Å².